The van der Waals surface area contributed by atoms with Gasteiger partial charge in [-0.1, -0.05) is 11.6 Å². The van der Waals surface area contributed by atoms with E-state index in [4.69, 9.17) is 22.4 Å². The smallest absolute Gasteiger partial charge is 0.326 e. The number of fused-ring (bicyclic) bond motifs is 1. The third kappa shape index (κ3) is 3.17. The summed E-state index contributed by atoms with van der Waals surface area (Å²) >= 11 is 5.89. The number of aryl methyl sites for hydroxylation is 1. The Morgan fingerprint density at radius 2 is 2.14 bits per heavy atom. The average Bonchev–Trinajstić information content (AvgIpc) is 2.72. The molecule has 1 unspecified atom stereocenters. The number of aromatic nitrogens is 2. The third-order valence-electron chi connectivity index (χ3n) is 2.98. The normalized spacial score (nSPS) is 12.1. The summed E-state index contributed by atoms with van der Waals surface area (Å²) < 4.78 is 1.45. The van der Waals surface area contributed by atoms with Crippen molar-refractivity contribution in [3.8, 4) is 0 Å². The van der Waals surface area contributed by atoms with Crippen molar-refractivity contribution in [2.45, 2.75) is 19.4 Å². The summed E-state index contributed by atoms with van der Waals surface area (Å²) in [5.41, 5.74) is 6.02. The number of carboxylic acids is 1. The summed E-state index contributed by atoms with van der Waals surface area (Å²) in [6.07, 6.45) is 0.993. The Balaban J connectivity index is 2.36. The molecule has 0 aliphatic carbocycles. The zero-order valence-electron chi connectivity index (χ0n) is 11.5. The molecule has 0 aromatic carbocycles. The number of carbonyl (C=O) groups is 3. The number of imidazole rings is 1. The molecule has 0 saturated heterocycles. The number of rotatable bonds is 5. The van der Waals surface area contributed by atoms with E-state index in [-0.39, 0.29) is 5.69 Å². The summed E-state index contributed by atoms with van der Waals surface area (Å²) in [6.45, 7) is 1.61. The standard InChI is InChI=1S/C13H13ClN4O4/c1-6-11(18-5-7(14)2-3-10(18)16-6)12(20)17-8(13(21)22)4-9(15)19/h2-3,5,8H,4H2,1H3,(H2,15,19)(H,17,20)(H,21,22). The van der Waals surface area contributed by atoms with Crippen LogP contribution in [0.5, 0.6) is 0 Å². The van der Waals surface area contributed by atoms with E-state index < -0.39 is 30.2 Å². The topological polar surface area (TPSA) is 127 Å². The number of aliphatic carboxylic acids is 1. The van der Waals surface area contributed by atoms with Crippen LogP contribution in [-0.4, -0.2) is 38.3 Å². The van der Waals surface area contributed by atoms with Crippen molar-refractivity contribution >= 4 is 35.0 Å². The Bertz CT molecular complexity index is 771. The summed E-state index contributed by atoms with van der Waals surface area (Å²) in [4.78, 5) is 38.5. The minimum atomic E-state index is -1.41. The molecule has 116 valence electrons. The molecule has 9 heteroatoms. The van der Waals surface area contributed by atoms with Crippen molar-refractivity contribution in [2.24, 2.45) is 5.73 Å². The van der Waals surface area contributed by atoms with Crippen LogP contribution < -0.4 is 11.1 Å². The monoisotopic (exact) mass is 324 g/mol. The van der Waals surface area contributed by atoms with E-state index in [1.54, 1.807) is 19.1 Å². The second-order valence-corrected chi connectivity index (χ2v) is 5.09. The number of carbonyl (C=O) groups excluding carboxylic acids is 2. The number of hydrogen-bond donors (Lipinski definition) is 3. The lowest BCUT2D eigenvalue weighted by Gasteiger charge is -2.13. The van der Waals surface area contributed by atoms with Gasteiger partial charge in [0, 0.05) is 6.20 Å². The summed E-state index contributed by atoms with van der Waals surface area (Å²) in [5.74, 6) is -2.86. The van der Waals surface area contributed by atoms with Crippen molar-refractivity contribution in [1.29, 1.82) is 0 Å². The van der Waals surface area contributed by atoms with Crippen LogP contribution >= 0.6 is 11.6 Å². The molecule has 4 N–H and O–H groups in total. The van der Waals surface area contributed by atoms with Gasteiger partial charge in [-0.25, -0.2) is 9.78 Å². The predicted octanol–water partition coefficient (Wildman–Crippen LogP) is 0.355. The van der Waals surface area contributed by atoms with E-state index in [2.05, 4.69) is 10.3 Å². The van der Waals surface area contributed by atoms with Gasteiger partial charge < -0.3 is 16.2 Å². The highest BCUT2D eigenvalue weighted by Gasteiger charge is 2.25. The van der Waals surface area contributed by atoms with Crippen LogP contribution in [-0.2, 0) is 9.59 Å². The molecule has 0 fully saturated rings. The van der Waals surface area contributed by atoms with Crippen LogP contribution in [0.2, 0.25) is 5.02 Å². The number of carboxylic acid groups (broad SMARTS) is 1. The Kier molecular flexibility index (Phi) is 4.32. The highest BCUT2D eigenvalue weighted by molar-refractivity contribution is 6.30. The molecule has 0 radical (unpaired) electrons. The average molecular weight is 325 g/mol. The van der Waals surface area contributed by atoms with Gasteiger partial charge in [0.25, 0.3) is 5.91 Å². The fourth-order valence-electron chi connectivity index (χ4n) is 2.04. The van der Waals surface area contributed by atoms with Crippen molar-refractivity contribution in [3.05, 3.63) is 34.7 Å². The lowest BCUT2D eigenvalue weighted by atomic mass is 10.2. The highest BCUT2D eigenvalue weighted by atomic mass is 35.5. The molecule has 0 bridgehead atoms. The molecule has 2 heterocycles. The minimum Gasteiger partial charge on any atom is -0.480 e. The summed E-state index contributed by atoms with van der Waals surface area (Å²) in [7, 11) is 0. The molecular weight excluding hydrogens is 312 g/mol. The minimum absolute atomic E-state index is 0.147. The predicted molar refractivity (Wildman–Crippen MR) is 77.6 cm³/mol. The van der Waals surface area contributed by atoms with Crippen LogP contribution in [0.15, 0.2) is 18.3 Å². The Hall–Kier alpha value is -2.61. The first-order valence-corrected chi connectivity index (χ1v) is 6.63. The van der Waals surface area contributed by atoms with E-state index >= 15 is 0 Å². The van der Waals surface area contributed by atoms with E-state index in [1.165, 1.54) is 10.6 Å². The number of nitrogens with zero attached hydrogens (tertiary/aromatic N) is 2. The van der Waals surface area contributed by atoms with E-state index in [9.17, 15) is 14.4 Å². The summed E-state index contributed by atoms with van der Waals surface area (Å²) in [6, 6.07) is 1.84. The molecule has 8 nitrogen and oxygen atoms in total. The molecule has 0 aliphatic rings. The zero-order valence-corrected chi connectivity index (χ0v) is 12.3. The van der Waals surface area contributed by atoms with Gasteiger partial charge in [0.1, 0.15) is 17.4 Å². The van der Waals surface area contributed by atoms with Crippen molar-refractivity contribution in [2.75, 3.05) is 0 Å². The number of nitrogens with one attached hydrogen (secondary N) is 1. The second kappa shape index (κ2) is 6.02. The molecule has 2 aromatic rings. The molecule has 22 heavy (non-hydrogen) atoms. The van der Waals surface area contributed by atoms with Gasteiger partial charge in [-0.3, -0.25) is 14.0 Å². The number of hydrogen-bond acceptors (Lipinski definition) is 4. The van der Waals surface area contributed by atoms with Crippen molar-refractivity contribution in [1.82, 2.24) is 14.7 Å². The lowest BCUT2D eigenvalue weighted by Crippen LogP contribution is -2.43. The fraction of sp³-hybridized carbons (Fsp3) is 0.231. The van der Waals surface area contributed by atoms with Crippen LogP contribution in [0.3, 0.4) is 0 Å². The maximum atomic E-state index is 12.3. The Labute approximate surface area is 129 Å². The molecule has 1 atom stereocenters. The first kappa shape index (κ1) is 15.8. The number of halogens is 1. The van der Waals surface area contributed by atoms with E-state index in [0.29, 0.717) is 16.4 Å². The van der Waals surface area contributed by atoms with Crippen LogP contribution in [0.25, 0.3) is 5.65 Å². The van der Waals surface area contributed by atoms with Crippen LogP contribution in [0.4, 0.5) is 0 Å². The van der Waals surface area contributed by atoms with Gasteiger partial charge in [0.15, 0.2) is 0 Å². The molecular formula is C13H13ClN4O4. The largest absolute Gasteiger partial charge is 0.480 e. The first-order chi connectivity index (χ1) is 10.3. The van der Waals surface area contributed by atoms with Crippen LogP contribution in [0, 0.1) is 6.92 Å². The highest BCUT2D eigenvalue weighted by Crippen LogP contribution is 2.16. The van der Waals surface area contributed by atoms with Gasteiger partial charge >= 0.3 is 5.97 Å². The second-order valence-electron chi connectivity index (χ2n) is 4.66. The Morgan fingerprint density at radius 1 is 1.45 bits per heavy atom. The van der Waals surface area contributed by atoms with E-state index in [0.717, 1.165) is 0 Å². The number of pyridine rings is 1. The number of amides is 2. The first-order valence-electron chi connectivity index (χ1n) is 6.25. The molecule has 0 saturated carbocycles. The number of primary amides is 1. The lowest BCUT2D eigenvalue weighted by molar-refractivity contribution is -0.140. The van der Waals surface area contributed by atoms with Gasteiger partial charge in [0.2, 0.25) is 5.91 Å². The molecule has 2 amide bonds. The summed E-state index contributed by atoms with van der Waals surface area (Å²) in [5, 5.41) is 11.7. The van der Waals surface area contributed by atoms with Gasteiger partial charge in [-0.15, -0.1) is 0 Å². The van der Waals surface area contributed by atoms with Gasteiger partial charge in [-0.2, -0.15) is 0 Å². The Morgan fingerprint density at radius 3 is 2.73 bits per heavy atom. The van der Waals surface area contributed by atoms with Crippen LogP contribution in [0.1, 0.15) is 22.6 Å². The molecule has 2 rings (SSSR count). The quantitative estimate of drug-likeness (QED) is 0.731. The van der Waals surface area contributed by atoms with Crippen molar-refractivity contribution < 1.29 is 19.5 Å². The van der Waals surface area contributed by atoms with Gasteiger partial charge in [0.05, 0.1) is 17.1 Å². The fourth-order valence-corrected chi connectivity index (χ4v) is 2.20. The molecule has 0 aliphatic heterocycles. The maximum Gasteiger partial charge on any atom is 0.326 e. The number of nitrogens with two attached hydrogens (primary N) is 1. The third-order valence-corrected chi connectivity index (χ3v) is 3.20. The zero-order chi connectivity index (χ0) is 16.4. The SMILES string of the molecule is Cc1nc2ccc(Cl)cn2c1C(=O)NC(CC(N)=O)C(=O)O. The van der Waals surface area contributed by atoms with Gasteiger partial charge in [-0.05, 0) is 19.1 Å². The maximum absolute atomic E-state index is 12.3. The molecule has 2 aromatic heterocycles. The van der Waals surface area contributed by atoms with Crippen molar-refractivity contribution in [3.63, 3.8) is 0 Å². The van der Waals surface area contributed by atoms with E-state index in [1.807, 2.05) is 0 Å². The molecule has 0 spiro atoms.